The van der Waals surface area contributed by atoms with Crippen molar-refractivity contribution < 1.29 is 14.3 Å². The van der Waals surface area contributed by atoms with Gasteiger partial charge in [-0.1, -0.05) is 6.07 Å². The van der Waals surface area contributed by atoms with Crippen LogP contribution in [0, 0.1) is 0 Å². The summed E-state index contributed by atoms with van der Waals surface area (Å²) in [4.78, 5) is 13.1. The quantitative estimate of drug-likeness (QED) is 0.787. The van der Waals surface area contributed by atoms with Crippen molar-refractivity contribution in [3.05, 3.63) is 22.4 Å². The molecule has 2 heterocycles. The summed E-state index contributed by atoms with van der Waals surface area (Å²) in [7, 11) is 1.62. The van der Waals surface area contributed by atoms with Crippen molar-refractivity contribution in [3.63, 3.8) is 0 Å². The van der Waals surface area contributed by atoms with Crippen LogP contribution in [0.15, 0.2) is 17.5 Å². The molecule has 1 aromatic rings. The van der Waals surface area contributed by atoms with Gasteiger partial charge in [0.05, 0.1) is 6.61 Å². The first-order valence-electron chi connectivity index (χ1n) is 6.89. The summed E-state index contributed by atoms with van der Waals surface area (Å²) in [6.45, 7) is 3.21. The lowest BCUT2D eigenvalue weighted by atomic mass is 9.78. The minimum absolute atomic E-state index is 0.0189. The standard InChI is InChI=1S/C14H22N2O3S/c1-18-9-6-15-13(17)16-11-14(4-7-19-8-5-14)12-3-2-10-20-12/h2-3,10H,4-9,11H2,1H3,(H2,15,16,17). The van der Waals surface area contributed by atoms with E-state index < -0.39 is 0 Å². The van der Waals surface area contributed by atoms with E-state index in [1.807, 2.05) is 0 Å². The number of nitrogens with one attached hydrogen (secondary N) is 2. The molecule has 6 heteroatoms. The number of hydrogen-bond acceptors (Lipinski definition) is 4. The van der Waals surface area contributed by atoms with Crippen molar-refractivity contribution in [1.29, 1.82) is 0 Å². The molecule has 1 aliphatic heterocycles. The third-order valence-corrected chi connectivity index (χ3v) is 4.79. The van der Waals surface area contributed by atoms with Crippen LogP contribution < -0.4 is 10.6 Å². The van der Waals surface area contributed by atoms with Crippen LogP contribution in [0.4, 0.5) is 4.79 Å². The number of amides is 2. The first-order chi connectivity index (χ1) is 9.77. The highest BCUT2D eigenvalue weighted by Gasteiger charge is 2.35. The van der Waals surface area contributed by atoms with Crippen LogP contribution in [0.1, 0.15) is 17.7 Å². The predicted octanol–water partition coefficient (Wildman–Crippen LogP) is 1.74. The molecule has 1 saturated heterocycles. The molecule has 2 N–H and O–H groups in total. The van der Waals surface area contributed by atoms with E-state index in [4.69, 9.17) is 9.47 Å². The van der Waals surface area contributed by atoms with Crippen LogP contribution in [0.25, 0.3) is 0 Å². The van der Waals surface area contributed by atoms with Gasteiger partial charge in [0.1, 0.15) is 0 Å². The lowest BCUT2D eigenvalue weighted by Crippen LogP contribution is -2.47. The normalized spacial score (nSPS) is 17.6. The Morgan fingerprint density at radius 2 is 2.25 bits per heavy atom. The maximum atomic E-state index is 11.8. The predicted molar refractivity (Wildman–Crippen MR) is 79.3 cm³/mol. The third-order valence-electron chi connectivity index (χ3n) is 3.67. The summed E-state index contributed by atoms with van der Waals surface area (Å²) in [6.07, 6.45) is 1.90. The molecule has 5 nitrogen and oxygen atoms in total. The second-order valence-electron chi connectivity index (χ2n) is 4.97. The first kappa shape index (κ1) is 15.3. The summed E-state index contributed by atoms with van der Waals surface area (Å²) in [5.74, 6) is 0. The topological polar surface area (TPSA) is 59.6 Å². The van der Waals surface area contributed by atoms with E-state index in [2.05, 4.69) is 28.1 Å². The Balaban J connectivity index is 1.90. The van der Waals surface area contributed by atoms with Crippen LogP contribution in [0.3, 0.4) is 0 Å². The van der Waals surface area contributed by atoms with Crippen molar-refractivity contribution in [2.75, 3.05) is 40.0 Å². The second kappa shape index (κ2) is 7.61. The van der Waals surface area contributed by atoms with E-state index in [1.54, 1.807) is 18.4 Å². The molecule has 0 spiro atoms. The highest BCUT2D eigenvalue weighted by molar-refractivity contribution is 7.10. The maximum absolute atomic E-state index is 11.8. The number of hydrogen-bond donors (Lipinski definition) is 2. The number of rotatable bonds is 6. The van der Waals surface area contributed by atoms with Crippen molar-refractivity contribution >= 4 is 17.4 Å². The zero-order valence-corrected chi connectivity index (χ0v) is 12.6. The van der Waals surface area contributed by atoms with Gasteiger partial charge in [0.15, 0.2) is 0 Å². The second-order valence-corrected chi connectivity index (χ2v) is 5.92. The molecule has 20 heavy (non-hydrogen) atoms. The van der Waals surface area contributed by atoms with E-state index in [0.717, 1.165) is 26.1 Å². The minimum atomic E-state index is -0.135. The van der Waals surface area contributed by atoms with E-state index in [-0.39, 0.29) is 11.4 Å². The molecule has 112 valence electrons. The number of carbonyl (C=O) groups excluding carboxylic acids is 1. The van der Waals surface area contributed by atoms with Crippen LogP contribution >= 0.6 is 11.3 Å². The highest BCUT2D eigenvalue weighted by Crippen LogP contribution is 2.36. The number of thiophene rings is 1. The Morgan fingerprint density at radius 1 is 1.45 bits per heavy atom. The lowest BCUT2D eigenvalue weighted by Gasteiger charge is -2.36. The fraction of sp³-hybridized carbons (Fsp3) is 0.643. The van der Waals surface area contributed by atoms with Crippen molar-refractivity contribution in [2.45, 2.75) is 18.3 Å². The van der Waals surface area contributed by atoms with Gasteiger partial charge in [-0.15, -0.1) is 11.3 Å². The van der Waals surface area contributed by atoms with Crippen LogP contribution in [0.5, 0.6) is 0 Å². The molecule has 2 rings (SSSR count). The van der Waals surface area contributed by atoms with Crippen molar-refractivity contribution in [1.82, 2.24) is 10.6 Å². The van der Waals surface area contributed by atoms with Gasteiger partial charge in [0.25, 0.3) is 0 Å². The maximum Gasteiger partial charge on any atom is 0.314 e. The molecule has 0 saturated carbocycles. The molecule has 0 radical (unpaired) electrons. The molecule has 0 unspecified atom stereocenters. The Labute approximate surface area is 123 Å². The zero-order valence-electron chi connectivity index (χ0n) is 11.8. The van der Waals surface area contributed by atoms with E-state index in [0.29, 0.717) is 19.7 Å². The Kier molecular flexibility index (Phi) is 5.82. The van der Waals surface area contributed by atoms with E-state index in [1.165, 1.54) is 4.88 Å². The van der Waals surface area contributed by atoms with Crippen LogP contribution in [0.2, 0.25) is 0 Å². The van der Waals surface area contributed by atoms with Gasteiger partial charge >= 0.3 is 6.03 Å². The molecule has 0 atom stereocenters. The minimum Gasteiger partial charge on any atom is -0.383 e. The van der Waals surface area contributed by atoms with Gasteiger partial charge in [0, 0.05) is 43.7 Å². The van der Waals surface area contributed by atoms with Gasteiger partial charge in [-0.2, -0.15) is 0 Å². The molecule has 2 amide bonds. The van der Waals surface area contributed by atoms with Gasteiger partial charge in [-0.3, -0.25) is 0 Å². The van der Waals surface area contributed by atoms with E-state index >= 15 is 0 Å². The van der Waals surface area contributed by atoms with Gasteiger partial charge in [-0.05, 0) is 24.3 Å². The van der Waals surface area contributed by atoms with E-state index in [9.17, 15) is 4.79 Å². The summed E-state index contributed by atoms with van der Waals surface area (Å²) < 4.78 is 10.4. The third kappa shape index (κ3) is 3.94. The lowest BCUT2D eigenvalue weighted by molar-refractivity contribution is 0.0519. The summed E-state index contributed by atoms with van der Waals surface area (Å²) >= 11 is 1.75. The van der Waals surface area contributed by atoms with Gasteiger partial charge in [-0.25, -0.2) is 4.79 Å². The number of urea groups is 1. The smallest absolute Gasteiger partial charge is 0.314 e. The summed E-state index contributed by atoms with van der Waals surface area (Å²) in [5.41, 5.74) is 0.0189. The molecule has 0 aromatic carbocycles. The number of ether oxygens (including phenoxy) is 2. The molecule has 1 aliphatic rings. The highest BCUT2D eigenvalue weighted by atomic mass is 32.1. The molecule has 1 fully saturated rings. The fourth-order valence-corrected chi connectivity index (χ4v) is 3.42. The largest absolute Gasteiger partial charge is 0.383 e. The molecule has 0 bridgehead atoms. The van der Waals surface area contributed by atoms with Crippen LogP contribution in [-0.2, 0) is 14.9 Å². The van der Waals surface area contributed by atoms with Crippen molar-refractivity contribution in [2.24, 2.45) is 0 Å². The monoisotopic (exact) mass is 298 g/mol. The SMILES string of the molecule is COCCNC(=O)NCC1(c2cccs2)CCOCC1. The average molecular weight is 298 g/mol. The molecule has 1 aromatic heterocycles. The molecule has 0 aliphatic carbocycles. The Bertz CT molecular complexity index is 403. The molecular formula is C14H22N2O3S. The Hall–Kier alpha value is -1.11. The molecular weight excluding hydrogens is 276 g/mol. The number of methoxy groups -OCH3 is 1. The van der Waals surface area contributed by atoms with Crippen molar-refractivity contribution in [3.8, 4) is 0 Å². The van der Waals surface area contributed by atoms with Crippen LogP contribution in [-0.4, -0.2) is 46.1 Å². The number of carbonyl (C=O) groups is 1. The average Bonchev–Trinajstić information content (AvgIpc) is 3.01. The van der Waals surface area contributed by atoms with Gasteiger partial charge < -0.3 is 20.1 Å². The van der Waals surface area contributed by atoms with Gasteiger partial charge in [0.2, 0.25) is 0 Å². The summed E-state index contributed by atoms with van der Waals surface area (Å²) in [5, 5.41) is 7.86. The Morgan fingerprint density at radius 3 is 2.90 bits per heavy atom. The zero-order chi connectivity index (χ0) is 14.3. The fourth-order valence-electron chi connectivity index (χ4n) is 2.43. The first-order valence-corrected chi connectivity index (χ1v) is 7.77. The summed E-state index contributed by atoms with van der Waals surface area (Å²) in [6, 6.07) is 4.08.